The lowest BCUT2D eigenvalue weighted by Crippen LogP contribution is -2.18. The second-order valence-corrected chi connectivity index (χ2v) is 7.15. The first-order chi connectivity index (χ1) is 13.1. The predicted octanol–water partition coefficient (Wildman–Crippen LogP) is 2.63. The van der Waals surface area contributed by atoms with E-state index in [-0.39, 0.29) is 18.3 Å². The second-order valence-electron chi connectivity index (χ2n) is 5.26. The maximum atomic E-state index is 12.3. The molecule has 3 N–H and O–H groups in total. The van der Waals surface area contributed by atoms with Gasteiger partial charge in [0.15, 0.2) is 5.82 Å². The number of hydrogen-bond donors (Lipinski definition) is 2. The van der Waals surface area contributed by atoms with Crippen LogP contribution in [0, 0.1) is 0 Å². The summed E-state index contributed by atoms with van der Waals surface area (Å²) in [7, 11) is 0. The maximum Gasteiger partial charge on any atom is 0.340 e. The van der Waals surface area contributed by atoms with E-state index in [1.54, 1.807) is 31.2 Å². The number of anilines is 1. The minimum atomic E-state index is -0.483. The summed E-state index contributed by atoms with van der Waals surface area (Å²) in [5, 5.41) is 13.1. The average Bonchev–Trinajstić information content (AvgIpc) is 3.30. The molecule has 0 saturated heterocycles. The molecule has 1 amide bonds. The number of thioether (sulfide) groups is 1. The molecule has 8 nitrogen and oxygen atoms in total. The van der Waals surface area contributed by atoms with Gasteiger partial charge in [-0.15, -0.1) is 21.5 Å². The third-order valence-corrected chi connectivity index (χ3v) is 5.24. The zero-order valence-electron chi connectivity index (χ0n) is 14.4. The van der Waals surface area contributed by atoms with Gasteiger partial charge in [-0.25, -0.2) is 9.47 Å². The third kappa shape index (κ3) is 4.47. The SMILES string of the molecule is CCOC(=O)c1ccccc1NC(=O)CSc1nnc(-c2cccs2)n1N. The van der Waals surface area contributed by atoms with Crippen LogP contribution < -0.4 is 11.2 Å². The molecule has 0 fully saturated rings. The number of rotatable bonds is 7. The van der Waals surface area contributed by atoms with Crippen molar-refractivity contribution < 1.29 is 14.3 Å². The van der Waals surface area contributed by atoms with Gasteiger partial charge in [0.05, 0.1) is 28.5 Å². The van der Waals surface area contributed by atoms with Gasteiger partial charge in [0.25, 0.3) is 0 Å². The molecule has 140 valence electrons. The van der Waals surface area contributed by atoms with Gasteiger partial charge < -0.3 is 15.9 Å². The predicted molar refractivity (Wildman–Crippen MR) is 105 cm³/mol. The topological polar surface area (TPSA) is 112 Å². The Morgan fingerprint density at radius 2 is 2.07 bits per heavy atom. The minimum absolute atomic E-state index is 0.0664. The molecule has 3 rings (SSSR count). The molecule has 0 atom stereocenters. The molecule has 0 bridgehead atoms. The summed E-state index contributed by atoms with van der Waals surface area (Å²) < 4.78 is 6.36. The standard InChI is InChI=1S/C17H17N5O3S2/c1-2-25-16(24)11-6-3-4-7-12(11)19-14(23)10-27-17-21-20-15(22(17)18)13-8-5-9-26-13/h3-9H,2,10,18H2,1H3,(H,19,23). The highest BCUT2D eigenvalue weighted by atomic mass is 32.2. The van der Waals surface area contributed by atoms with Gasteiger partial charge in [-0.3, -0.25) is 4.79 Å². The number of nitrogens with one attached hydrogen (secondary N) is 1. The molecule has 2 aromatic heterocycles. The Kier molecular flexibility index (Phi) is 6.09. The molecular formula is C17H17N5O3S2. The highest BCUT2D eigenvalue weighted by Crippen LogP contribution is 2.25. The second kappa shape index (κ2) is 8.69. The van der Waals surface area contributed by atoms with Crippen molar-refractivity contribution in [3.8, 4) is 10.7 Å². The van der Waals surface area contributed by atoms with Gasteiger partial charge in [-0.2, -0.15) is 0 Å². The van der Waals surface area contributed by atoms with Gasteiger partial charge in [-0.1, -0.05) is 30.0 Å². The van der Waals surface area contributed by atoms with E-state index in [1.165, 1.54) is 16.0 Å². The molecule has 0 aliphatic heterocycles. The van der Waals surface area contributed by atoms with Crippen molar-refractivity contribution in [2.24, 2.45) is 0 Å². The van der Waals surface area contributed by atoms with E-state index in [9.17, 15) is 9.59 Å². The fourth-order valence-electron chi connectivity index (χ4n) is 2.24. The van der Waals surface area contributed by atoms with Crippen LogP contribution in [-0.4, -0.2) is 39.1 Å². The Labute approximate surface area is 163 Å². The number of benzene rings is 1. The van der Waals surface area contributed by atoms with Crippen LogP contribution in [0.15, 0.2) is 46.9 Å². The van der Waals surface area contributed by atoms with Crippen LogP contribution in [0.5, 0.6) is 0 Å². The smallest absolute Gasteiger partial charge is 0.340 e. The summed E-state index contributed by atoms with van der Waals surface area (Å²) in [5.41, 5.74) is 0.703. The lowest BCUT2D eigenvalue weighted by atomic mass is 10.2. The molecule has 1 aromatic carbocycles. The van der Waals surface area contributed by atoms with Crippen molar-refractivity contribution in [1.82, 2.24) is 14.9 Å². The van der Waals surface area contributed by atoms with E-state index < -0.39 is 5.97 Å². The number of hydrogen-bond acceptors (Lipinski definition) is 8. The summed E-state index contributed by atoms with van der Waals surface area (Å²) in [6, 6.07) is 10.5. The molecule has 0 spiro atoms. The monoisotopic (exact) mass is 403 g/mol. The average molecular weight is 403 g/mol. The lowest BCUT2D eigenvalue weighted by Gasteiger charge is -2.10. The number of nitrogen functional groups attached to an aromatic ring is 1. The van der Waals surface area contributed by atoms with Crippen molar-refractivity contribution in [3.05, 3.63) is 47.3 Å². The number of nitrogens with two attached hydrogens (primary N) is 1. The summed E-state index contributed by atoms with van der Waals surface area (Å²) in [6.45, 7) is 1.98. The number of carbonyl (C=O) groups is 2. The Bertz CT molecular complexity index is 940. The summed E-state index contributed by atoms with van der Waals surface area (Å²) in [4.78, 5) is 25.1. The zero-order valence-corrected chi connectivity index (χ0v) is 16.0. The van der Waals surface area contributed by atoms with Gasteiger partial charge in [-0.05, 0) is 30.5 Å². The highest BCUT2D eigenvalue weighted by Gasteiger charge is 2.16. The quantitative estimate of drug-likeness (QED) is 0.354. The van der Waals surface area contributed by atoms with E-state index in [0.717, 1.165) is 16.6 Å². The van der Waals surface area contributed by atoms with Crippen molar-refractivity contribution in [1.29, 1.82) is 0 Å². The van der Waals surface area contributed by atoms with Gasteiger partial charge in [0.2, 0.25) is 11.1 Å². The van der Waals surface area contributed by atoms with E-state index in [0.29, 0.717) is 22.2 Å². The lowest BCUT2D eigenvalue weighted by molar-refractivity contribution is -0.113. The minimum Gasteiger partial charge on any atom is -0.462 e. The zero-order chi connectivity index (χ0) is 19.2. The molecular weight excluding hydrogens is 386 g/mol. The van der Waals surface area contributed by atoms with Crippen molar-refractivity contribution in [2.45, 2.75) is 12.1 Å². The van der Waals surface area contributed by atoms with Crippen LogP contribution in [-0.2, 0) is 9.53 Å². The number of thiophene rings is 1. The van der Waals surface area contributed by atoms with Crippen molar-refractivity contribution in [2.75, 3.05) is 23.5 Å². The molecule has 3 aromatic rings. The normalized spacial score (nSPS) is 10.6. The van der Waals surface area contributed by atoms with Gasteiger partial charge >= 0.3 is 5.97 Å². The first kappa shape index (κ1) is 18.9. The summed E-state index contributed by atoms with van der Waals surface area (Å²) in [5.74, 6) is 5.85. The summed E-state index contributed by atoms with van der Waals surface area (Å²) in [6.07, 6.45) is 0. The van der Waals surface area contributed by atoms with Crippen LogP contribution in [0.25, 0.3) is 10.7 Å². The van der Waals surface area contributed by atoms with Crippen LogP contribution in [0.2, 0.25) is 0 Å². The van der Waals surface area contributed by atoms with E-state index in [1.807, 2.05) is 17.5 Å². The number of esters is 1. The Morgan fingerprint density at radius 3 is 2.81 bits per heavy atom. The molecule has 0 aliphatic carbocycles. The van der Waals surface area contributed by atoms with Crippen LogP contribution in [0.3, 0.4) is 0 Å². The van der Waals surface area contributed by atoms with Crippen molar-refractivity contribution in [3.63, 3.8) is 0 Å². The van der Waals surface area contributed by atoms with E-state index >= 15 is 0 Å². The molecule has 0 aliphatic rings. The van der Waals surface area contributed by atoms with Crippen LogP contribution in [0.1, 0.15) is 17.3 Å². The fraction of sp³-hybridized carbons (Fsp3) is 0.176. The molecule has 2 heterocycles. The van der Waals surface area contributed by atoms with Crippen LogP contribution >= 0.6 is 23.1 Å². The molecule has 0 unspecified atom stereocenters. The van der Waals surface area contributed by atoms with E-state index in [4.69, 9.17) is 10.6 Å². The molecule has 0 radical (unpaired) electrons. The first-order valence-corrected chi connectivity index (χ1v) is 9.89. The van der Waals surface area contributed by atoms with Crippen molar-refractivity contribution >= 4 is 40.7 Å². The number of amides is 1. The Hall–Kier alpha value is -2.85. The Morgan fingerprint density at radius 1 is 1.26 bits per heavy atom. The number of carbonyl (C=O) groups excluding carboxylic acids is 2. The van der Waals surface area contributed by atoms with E-state index in [2.05, 4.69) is 15.5 Å². The number of nitrogens with zero attached hydrogens (tertiary/aromatic N) is 3. The summed E-state index contributed by atoms with van der Waals surface area (Å²) >= 11 is 2.66. The maximum absolute atomic E-state index is 12.3. The first-order valence-electron chi connectivity index (χ1n) is 8.03. The molecule has 10 heteroatoms. The number of aromatic nitrogens is 3. The van der Waals surface area contributed by atoms with Gasteiger partial charge in [0, 0.05) is 0 Å². The molecule has 0 saturated carbocycles. The molecule has 27 heavy (non-hydrogen) atoms. The number of ether oxygens (including phenoxy) is 1. The van der Waals surface area contributed by atoms with Gasteiger partial charge in [0.1, 0.15) is 0 Å². The number of para-hydroxylation sites is 1. The van der Waals surface area contributed by atoms with Crippen LogP contribution in [0.4, 0.5) is 5.69 Å². The highest BCUT2D eigenvalue weighted by molar-refractivity contribution is 7.99. The Balaban J connectivity index is 1.64. The third-order valence-electron chi connectivity index (χ3n) is 3.43. The fourth-order valence-corrected chi connectivity index (χ4v) is 3.61. The largest absolute Gasteiger partial charge is 0.462 e.